The van der Waals surface area contributed by atoms with Gasteiger partial charge in [-0.1, -0.05) is 32.6 Å². The molecule has 0 heterocycles. The first-order valence-electron chi connectivity index (χ1n) is 6.57. The van der Waals surface area contributed by atoms with Crippen molar-refractivity contribution in [3.8, 4) is 12.8 Å². The molecule has 21 heavy (non-hydrogen) atoms. The number of halogens is 1. The van der Waals surface area contributed by atoms with Crippen LogP contribution >= 0.6 is 0 Å². The lowest BCUT2D eigenvalue weighted by atomic mass is 10.0. The van der Waals surface area contributed by atoms with Crippen molar-refractivity contribution in [1.29, 1.82) is 0 Å². The van der Waals surface area contributed by atoms with Crippen LogP contribution in [0.5, 0.6) is 0 Å². The van der Waals surface area contributed by atoms with E-state index in [-0.39, 0.29) is 11.8 Å². The predicted molar refractivity (Wildman–Crippen MR) is 88.2 cm³/mol. The van der Waals surface area contributed by atoms with Crippen LogP contribution in [0, 0.1) is 31.0 Å². The number of nitrogens with zero attached hydrogens (tertiary/aromatic N) is 1. The van der Waals surface area contributed by atoms with Crippen LogP contribution in [0.4, 0.5) is 4.39 Å². The molecule has 4 heteroatoms. The summed E-state index contributed by atoms with van der Waals surface area (Å²) in [5.74, 6) is 0.452. The summed E-state index contributed by atoms with van der Waals surface area (Å²) in [4.78, 5) is 3.36. The highest BCUT2D eigenvalue weighted by atomic mass is 19.1. The summed E-state index contributed by atoms with van der Waals surface area (Å²) in [6.45, 7) is 9.56. The third kappa shape index (κ3) is 6.13. The molecule has 3 nitrogen and oxygen atoms in total. The van der Waals surface area contributed by atoms with Gasteiger partial charge in [-0.2, -0.15) is 0 Å². The molecule has 0 amide bonds. The van der Waals surface area contributed by atoms with Crippen LogP contribution in [0.15, 0.2) is 36.0 Å². The highest BCUT2D eigenvalue weighted by Crippen LogP contribution is 2.58. The SMILES string of the molecule is C#C.C=CN=C(N)N.Cc1ccc([C@@H]2CC2(C)C)c(F)c1. The van der Waals surface area contributed by atoms with Crippen LogP contribution in [-0.4, -0.2) is 5.96 Å². The molecule has 4 N–H and O–H groups in total. The smallest absolute Gasteiger partial charge is 0.190 e. The fourth-order valence-electron chi connectivity index (χ4n) is 2.02. The van der Waals surface area contributed by atoms with E-state index in [1.54, 1.807) is 6.07 Å². The second kappa shape index (κ2) is 8.11. The van der Waals surface area contributed by atoms with Crippen molar-refractivity contribution in [3.63, 3.8) is 0 Å². The number of aryl methyl sites for hydroxylation is 1. The summed E-state index contributed by atoms with van der Waals surface area (Å²) < 4.78 is 13.5. The number of hydrogen-bond acceptors (Lipinski definition) is 1. The number of guanidine groups is 1. The first-order chi connectivity index (χ1) is 9.77. The minimum absolute atomic E-state index is 0.0319. The lowest BCUT2D eigenvalue weighted by Gasteiger charge is -2.05. The molecule has 0 bridgehead atoms. The van der Waals surface area contributed by atoms with Crippen molar-refractivity contribution < 1.29 is 4.39 Å². The van der Waals surface area contributed by atoms with E-state index in [4.69, 9.17) is 11.5 Å². The largest absolute Gasteiger partial charge is 0.370 e. The summed E-state index contributed by atoms with van der Waals surface area (Å²) >= 11 is 0. The molecule has 1 aliphatic carbocycles. The van der Waals surface area contributed by atoms with Crippen LogP contribution in [0.2, 0.25) is 0 Å². The fourth-order valence-corrected chi connectivity index (χ4v) is 2.02. The Labute approximate surface area is 127 Å². The van der Waals surface area contributed by atoms with Gasteiger partial charge in [0.15, 0.2) is 5.96 Å². The topological polar surface area (TPSA) is 64.4 Å². The van der Waals surface area contributed by atoms with Gasteiger partial charge in [0.1, 0.15) is 5.82 Å². The molecule has 1 aromatic rings. The maximum absolute atomic E-state index is 13.5. The summed E-state index contributed by atoms with van der Waals surface area (Å²) in [6.07, 6.45) is 10.4. The Morgan fingerprint density at radius 1 is 1.43 bits per heavy atom. The van der Waals surface area contributed by atoms with Crippen molar-refractivity contribution in [1.82, 2.24) is 0 Å². The highest BCUT2D eigenvalue weighted by molar-refractivity contribution is 5.76. The third-order valence-corrected chi connectivity index (χ3v) is 3.29. The molecule has 1 atom stereocenters. The highest BCUT2D eigenvalue weighted by Gasteiger charge is 2.47. The first kappa shape index (κ1) is 18.7. The maximum Gasteiger partial charge on any atom is 0.190 e. The number of aliphatic imine (C=N–C) groups is 1. The van der Waals surface area contributed by atoms with Crippen molar-refractivity contribution in [2.24, 2.45) is 21.9 Å². The van der Waals surface area contributed by atoms with Crippen LogP contribution in [-0.2, 0) is 0 Å². The Bertz CT molecular complexity index is 526. The van der Waals surface area contributed by atoms with E-state index in [1.807, 2.05) is 19.1 Å². The molecule has 1 aromatic carbocycles. The molecule has 1 fully saturated rings. The first-order valence-corrected chi connectivity index (χ1v) is 6.57. The quantitative estimate of drug-likeness (QED) is 0.498. The van der Waals surface area contributed by atoms with E-state index in [1.165, 1.54) is 6.20 Å². The molecular formula is C17H24FN3. The van der Waals surface area contributed by atoms with E-state index in [9.17, 15) is 4.39 Å². The Balaban J connectivity index is 0.000000427. The molecule has 0 spiro atoms. The molecular weight excluding hydrogens is 265 g/mol. The second-order valence-corrected chi connectivity index (χ2v) is 5.51. The molecule has 114 valence electrons. The van der Waals surface area contributed by atoms with Crippen LogP contribution in [0.3, 0.4) is 0 Å². The van der Waals surface area contributed by atoms with Gasteiger partial charge in [-0.25, -0.2) is 9.38 Å². The van der Waals surface area contributed by atoms with E-state index >= 15 is 0 Å². The van der Waals surface area contributed by atoms with Gasteiger partial charge in [-0.3, -0.25) is 0 Å². The van der Waals surface area contributed by atoms with Crippen LogP contribution < -0.4 is 11.5 Å². The van der Waals surface area contributed by atoms with Gasteiger partial charge in [-0.05, 0) is 41.9 Å². The zero-order valence-electron chi connectivity index (χ0n) is 12.9. The number of hydrogen-bond donors (Lipinski definition) is 2. The van der Waals surface area contributed by atoms with Crippen molar-refractivity contribution in [2.45, 2.75) is 33.1 Å². The van der Waals surface area contributed by atoms with Gasteiger partial charge in [-0.15, -0.1) is 12.8 Å². The van der Waals surface area contributed by atoms with E-state index in [0.29, 0.717) is 11.3 Å². The summed E-state index contributed by atoms with van der Waals surface area (Å²) in [7, 11) is 0. The van der Waals surface area contributed by atoms with Crippen molar-refractivity contribution in [2.75, 3.05) is 0 Å². The molecule has 1 saturated carbocycles. The molecule has 0 aliphatic heterocycles. The number of terminal acetylenes is 1. The van der Waals surface area contributed by atoms with Gasteiger partial charge in [0.05, 0.1) is 0 Å². The lowest BCUT2D eigenvalue weighted by molar-refractivity contribution is 0.576. The van der Waals surface area contributed by atoms with Crippen LogP contribution in [0.25, 0.3) is 0 Å². The van der Waals surface area contributed by atoms with Gasteiger partial charge in [0, 0.05) is 6.20 Å². The Morgan fingerprint density at radius 2 is 1.95 bits per heavy atom. The lowest BCUT2D eigenvalue weighted by Crippen LogP contribution is -2.21. The monoisotopic (exact) mass is 289 g/mol. The van der Waals surface area contributed by atoms with Crippen LogP contribution in [0.1, 0.15) is 37.3 Å². The summed E-state index contributed by atoms with van der Waals surface area (Å²) in [6, 6.07) is 5.56. The third-order valence-electron chi connectivity index (χ3n) is 3.29. The van der Waals surface area contributed by atoms with Crippen molar-refractivity contribution >= 4 is 5.96 Å². The van der Waals surface area contributed by atoms with Gasteiger partial charge < -0.3 is 11.5 Å². The normalized spacial score (nSPS) is 17.1. The molecule has 2 rings (SSSR count). The number of rotatable bonds is 2. The number of nitrogens with two attached hydrogens (primary N) is 2. The predicted octanol–water partition coefficient (Wildman–Crippen LogP) is 3.30. The molecule has 0 saturated heterocycles. The van der Waals surface area contributed by atoms with Crippen molar-refractivity contribution in [3.05, 3.63) is 47.9 Å². The molecule has 0 radical (unpaired) electrons. The molecule has 1 aliphatic rings. The number of benzene rings is 1. The minimum atomic E-state index is -0.0319. The zero-order valence-corrected chi connectivity index (χ0v) is 12.9. The average Bonchev–Trinajstić information content (AvgIpc) is 3.01. The average molecular weight is 289 g/mol. The fraction of sp³-hybridized carbons (Fsp3) is 0.353. The van der Waals surface area contributed by atoms with E-state index in [0.717, 1.165) is 17.5 Å². The summed E-state index contributed by atoms with van der Waals surface area (Å²) in [5.41, 5.74) is 11.9. The minimum Gasteiger partial charge on any atom is -0.370 e. The molecule has 0 aromatic heterocycles. The zero-order chi connectivity index (χ0) is 16.6. The molecule has 0 unspecified atom stereocenters. The van der Waals surface area contributed by atoms with E-state index < -0.39 is 0 Å². The van der Waals surface area contributed by atoms with Gasteiger partial charge in [0.2, 0.25) is 0 Å². The standard InChI is InChI=1S/C12H15F.C3H7N3.C2H2/c1-8-4-5-9(11(13)6-8)10-7-12(10,2)3;1-2-6-3(4)5;1-2/h4-6,10H,7H2,1-3H3;2H,1H2,(H4,4,5,6);1-2H/t10-;;/m0../s1. The second-order valence-electron chi connectivity index (χ2n) is 5.51. The Morgan fingerprint density at radius 3 is 2.24 bits per heavy atom. The Kier molecular flexibility index (Phi) is 7.23. The summed E-state index contributed by atoms with van der Waals surface area (Å²) in [5, 5.41) is 0. The van der Waals surface area contributed by atoms with E-state index in [2.05, 4.69) is 38.3 Å². The van der Waals surface area contributed by atoms with Gasteiger partial charge in [0.25, 0.3) is 0 Å². The maximum atomic E-state index is 13.5. The van der Waals surface area contributed by atoms with Gasteiger partial charge >= 0.3 is 0 Å². The Hall–Kier alpha value is -2.28.